The fourth-order valence-electron chi connectivity index (χ4n) is 5.68. The highest BCUT2D eigenvalue weighted by Gasteiger charge is 2.25. The molecule has 3 aromatic carbocycles. The summed E-state index contributed by atoms with van der Waals surface area (Å²) in [5.74, 6) is -1.21. The summed E-state index contributed by atoms with van der Waals surface area (Å²) in [4.78, 5) is 40.2. The molecule has 1 unspecified atom stereocenters. The topological polar surface area (TPSA) is 93.8 Å². The predicted molar refractivity (Wildman–Crippen MR) is 159 cm³/mol. The molecule has 0 aliphatic carbocycles. The molecule has 1 fully saturated rings. The van der Waals surface area contributed by atoms with Crippen molar-refractivity contribution in [1.29, 1.82) is 0 Å². The lowest BCUT2D eigenvalue weighted by molar-refractivity contribution is -0.140. The van der Waals surface area contributed by atoms with E-state index in [-0.39, 0.29) is 12.2 Å². The summed E-state index contributed by atoms with van der Waals surface area (Å²) < 4.78 is 9.07. The van der Waals surface area contributed by atoms with Crippen LogP contribution in [0.3, 0.4) is 0 Å². The Morgan fingerprint density at radius 3 is 2.02 bits per heavy atom. The number of carbonyl (C=O) groups is 1. The lowest BCUT2D eigenvalue weighted by atomic mass is 10.00. The average molecular weight is 556 g/mol. The number of aliphatic carboxylic acids is 1. The molecule has 4 aromatic rings. The van der Waals surface area contributed by atoms with Gasteiger partial charge in [-0.1, -0.05) is 72.8 Å². The summed E-state index contributed by atoms with van der Waals surface area (Å²) >= 11 is 0. The number of benzene rings is 3. The molecule has 1 saturated heterocycles. The predicted octanol–water partition coefficient (Wildman–Crippen LogP) is 4.86. The number of aromatic nitrogens is 2. The Hall–Kier alpha value is -4.01. The van der Waals surface area contributed by atoms with Gasteiger partial charge in [-0.15, -0.1) is 0 Å². The quantitative estimate of drug-likeness (QED) is 0.266. The number of aryl methyl sites for hydroxylation is 1. The number of carboxylic acids is 1. The SMILES string of the molecule is CC(C(=O)O)n1c(=O)c2ccccc2n(CCCCN2CCC(OC(c3ccccc3)c3ccccc3)CC2)c1=O. The third kappa shape index (κ3) is 6.50. The summed E-state index contributed by atoms with van der Waals surface area (Å²) in [6.45, 7) is 4.59. The summed E-state index contributed by atoms with van der Waals surface area (Å²) in [6, 6.07) is 26.4. The molecule has 1 aromatic heterocycles. The molecular formula is C33H37N3O5. The first-order valence-corrected chi connectivity index (χ1v) is 14.4. The first-order chi connectivity index (χ1) is 19.9. The van der Waals surface area contributed by atoms with E-state index in [0.717, 1.165) is 61.0 Å². The van der Waals surface area contributed by atoms with Crippen LogP contribution in [0.25, 0.3) is 10.9 Å². The number of nitrogens with zero attached hydrogens (tertiary/aromatic N) is 3. The average Bonchev–Trinajstić information content (AvgIpc) is 3.01. The van der Waals surface area contributed by atoms with Gasteiger partial charge in [0.2, 0.25) is 0 Å². The number of fused-ring (bicyclic) bond motifs is 1. The molecule has 214 valence electrons. The minimum Gasteiger partial charge on any atom is -0.480 e. The Kier molecular flexibility index (Phi) is 9.11. The summed E-state index contributed by atoms with van der Waals surface area (Å²) in [5.41, 5.74) is 1.72. The van der Waals surface area contributed by atoms with Gasteiger partial charge >= 0.3 is 11.7 Å². The number of hydrogen-bond acceptors (Lipinski definition) is 5. The second-order valence-electron chi connectivity index (χ2n) is 10.7. The van der Waals surface area contributed by atoms with Crippen molar-refractivity contribution in [3.05, 3.63) is 117 Å². The smallest absolute Gasteiger partial charge is 0.332 e. The van der Waals surface area contributed by atoms with Gasteiger partial charge in [-0.05, 0) is 62.4 Å². The van der Waals surface area contributed by atoms with Crippen LogP contribution in [-0.4, -0.2) is 50.8 Å². The summed E-state index contributed by atoms with van der Waals surface area (Å²) in [5, 5.41) is 9.82. The molecule has 8 nitrogen and oxygen atoms in total. The van der Waals surface area contributed by atoms with Gasteiger partial charge in [0, 0.05) is 19.6 Å². The van der Waals surface area contributed by atoms with Gasteiger partial charge in [-0.3, -0.25) is 9.36 Å². The highest BCUT2D eigenvalue weighted by molar-refractivity contribution is 5.78. The lowest BCUT2D eigenvalue weighted by Gasteiger charge is -2.34. The van der Waals surface area contributed by atoms with Crippen LogP contribution < -0.4 is 11.2 Å². The second-order valence-corrected chi connectivity index (χ2v) is 10.7. The number of hydrogen-bond donors (Lipinski definition) is 1. The molecule has 0 radical (unpaired) electrons. The number of unbranched alkanes of at least 4 members (excludes halogenated alkanes) is 1. The zero-order valence-corrected chi connectivity index (χ0v) is 23.4. The van der Waals surface area contributed by atoms with E-state index in [0.29, 0.717) is 17.4 Å². The van der Waals surface area contributed by atoms with Gasteiger partial charge in [-0.25, -0.2) is 14.2 Å². The van der Waals surface area contributed by atoms with Gasteiger partial charge in [-0.2, -0.15) is 0 Å². The standard InChI is InChI=1S/C33H37N3O5/c1-24(32(38)39)36-31(37)28-16-8-9-17-29(28)35(33(36)40)21-11-10-20-34-22-18-27(19-23-34)41-30(25-12-4-2-5-13-25)26-14-6-3-7-15-26/h2-9,12-17,24,27,30H,10-11,18-23H2,1H3,(H,38,39). The molecule has 5 rings (SSSR count). The van der Waals surface area contributed by atoms with Crippen LogP contribution in [0.1, 0.15) is 55.9 Å². The third-order valence-corrected chi connectivity index (χ3v) is 8.00. The zero-order chi connectivity index (χ0) is 28.8. The van der Waals surface area contributed by atoms with E-state index in [1.165, 1.54) is 6.92 Å². The summed E-state index contributed by atoms with van der Waals surface area (Å²) in [6.07, 6.45) is 3.63. The van der Waals surface area contributed by atoms with Crippen molar-refractivity contribution in [1.82, 2.24) is 14.0 Å². The molecule has 0 bridgehead atoms. The molecule has 1 aliphatic heterocycles. The molecule has 1 N–H and O–H groups in total. The largest absolute Gasteiger partial charge is 0.480 e. The number of piperidine rings is 1. The molecule has 1 atom stereocenters. The van der Waals surface area contributed by atoms with E-state index in [4.69, 9.17) is 4.74 Å². The Morgan fingerprint density at radius 1 is 0.854 bits per heavy atom. The van der Waals surface area contributed by atoms with Gasteiger partial charge in [0.15, 0.2) is 0 Å². The van der Waals surface area contributed by atoms with E-state index in [1.54, 1.807) is 28.8 Å². The number of rotatable bonds is 11. The van der Waals surface area contributed by atoms with Crippen molar-refractivity contribution >= 4 is 16.9 Å². The van der Waals surface area contributed by atoms with Crippen LogP contribution in [0.4, 0.5) is 0 Å². The van der Waals surface area contributed by atoms with Gasteiger partial charge in [0.25, 0.3) is 5.56 Å². The van der Waals surface area contributed by atoms with Crippen molar-refractivity contribution in [3.8, 4) is 0 Å². The van der Waals surface area contributed by atoms with Crippen molar-refractivity contribution in [2.24, 2.45) is 0 Å². The number of para-hydroxylation sites is 1. The van der Waals surface area contributed by atoms with Gasteiger partial charge < -0.3 is 14.7 Å². The number of carboxylic acid groups (broad SMARTS) is 1. The molecule has 0 spiro atoms. The minimum atomic E-state index is -1.24. The van der Waals surface area contributed by atoms with E-state index in [9.17, 15) is 19.5 Å². The highest BCUT2D eigenvalue weighted by Crippen LogP contribution is 2.30. The fraction of sp³-hybridized carbons (Fsp3) is 0.364. The van der Waals surface area contributed by atoms with Crippen LogP contribution in [0.2, 0.25) is 0 Å². The van der Waals surface area contributed by atoms with Crippen LogP contribution in [-0.2, 0) is 16.1 Å². The second kappa shape index (κ2) is 13.1. The summed E-state index contributed by atoms with van der Waals surface area (Å²) in [7, 11) is 0. The van der Waals surface area contributed by atoms with E-state index >= 15 is 0 Å². The molecule has 8 heteroatoms. The molecule has 1 aliphatic rings. The fourth-order valence-corrected chi connectivity index (χ4v) is 5.68. The normalized spacial score (nSPS) is 15.4. The van der Waals surface area contributed by atoms with Crippen molar-refractivity contribution in [2.45, 2.75) is 57.4 Å². The highest BCUT2D eigenvalue weighted by atomic mass is 16.5. The lowest BCUT2D eigenvalue weighted by Crippen LogP contribution is -2.43. The van der Waals surface area contributed by atoms with Crippen LogP contribution >= 0.6 is 0 Å². The number of likely N-dealkylation sites (tertiary alicyclic amines) is 1. The van der Waals surface area contributed by atoms with Crippen LogP contribution in [0.5, 0.6) is 0 Å². The number of ether oxygens (including phenoxy) is 1. The zero-order valence-electron chi connectivity index (χ0n) is 23.4. The molecule has 2 heterocycles. The van der Waals surface area contributed by atoms with Gasteiger partial charge in [0.1, 0.15) is 12.1 Å². The third-order valence-electron chi connectivity index (χ3n) is 8.00. The van der Waals surface area contributed by atoms with E-state index in [1.807, 2.05) is 12.1 Å². The molecule has 0 saturated carbocycles. The Labute approximate surface area is 239 Å². The van der Waals surface area contributed by atoms with Crippen molar-refractivity contribution < 1.29 is 14.6 Å². The molecular weight excluding hydrogens is 518 g/mol. The van der Waals surface area contributed by atoms with Crippen molar-refractivity contribution in [3.63, 3.8) is 0 Å². The Morgan fingerprint density at radius 2 is 1.41 bits per heavy atom. The monoisotopic (exact) mass is 555 g/mol. The Balaban J connectivity index is 1.18. The molecule has 0 amide bonds. The molecule has 41 heavy (non-hydrogen) atoms. The van der Waals surface area contributed by atoms with Crippen molar-refractivity contribution in [2.75, 3.05) is 19.6 Å². The Bertz CT molecular complexity index is 1530. The van der Waals surface area contributed by atoms with E-state index < -0.39 is 23.3 Å². The first kappa shape index (κ1) is 28.5. The minimum absolute atomic E-state index is 0.0887. The van der Waals surface area contributed by atoms with Gasteiger partial charge in [0.05, 0.1) is 17.0 Å². The maximum Gasteiger partial charge on any atom is 0.332 e. The maximum absolute atomic E-state index is 13.2. The first-order valence-electron chi connectivity index (χ1n) is 14.4. The van der Waals surface area contributed by atoms with Crippen LogP contribution in [0, 0.1) is 0 Å². The van der Waals surface area contributed by atoms with E-state index in [2.05, 4.69) is 53.4 Å². The van der Waals surface area contributed by atoms with Crippen LogP contribution in [0.15, 0.2) is 94.5 Å². The maximum atomic E-state index is 13.2.